The predicted molar refractivity (Wildman–Crippen MR) is 64.0 cm³/mol. The normalized spacial score (nSPS) is 11.6. The third-order valence-corrected chi connectivity index (χ3v) is 4.02. The molecule has 1 aromatic heterocycles. The number of rotatable bonds is 5. The Bertz CT molecular complexity index is 309. The zero-order chi connectivity index (χ0) is 10.6. The monoisotopic (exact) mass is 275 g/mol. The second-order valence-corrected chi connectivity index (χ2v) is 6.25. The van der Waals surface area contributed by atoms with Gasteiger partial charge in [0.25, 0.3) is 0 Å². The van der Waals surface area contributed by atoms with Crippen molar-refractivity contribution in [1.82, 2.24) is 5.32 Å². The fourth-order valence-electron chi connectivity index (χ4n) is 1.21. The van der Waals surface area contributed by atoms with Crippen molar-refractivity contribution in [2.45, 2.75) is 19.3 Å². The van der Waals surface area contributed by atoms with Gasteiger partial charge in [0.05, 0.1) is 10.3 Å². The molecule has 1 aromatic rings. The molecule has 0 amide bonds. The lowest BCUT2D eigenvalue weighted by Gasteiger charge is -2.23. The van der Waals surface area contributed by atoms with Crippen LogP contribution in [0.25, 0.3) is 0 Å². The summed E-state index contributed by atoms with van der Waals surface area (Å²) >= 11 is 5.19. The van der Waals surface area contributed by atoms with Gasteiger partial charge in [0.2, 0.25) is 0 Å². The van der Waals surface area contributed by atoms with Crippen LogP contribution in [0.3, 0.4) is 0 Å². The SMILES string of the molecule is CC(C)(CNCC=O)c1ccc(Br)s1. The summed E-state index contributed by atoms with van der Waals surface area (Å²) in [6.07, 6.45) is 0.889. The van der Waals surface area contributed by atoms with Gasteiger partial charge in [0.1, 0.15) is 6.29 Å². The molecule has 0 aromatic carbocycles. The molecule has 0 radical (unpaired) electrons. The van der Waals surface area contributed by atoms with Crippen molar-refractivity contribution in [3.05, 3.63) is 20.8 Å². The number of hydrogen-bond donors (Lipinski definition) is 1. The number of carbonyl (C=O) groups excluding carboxylic acids is 1. The van der Waals surface area contributed by atoms with Crippen LogP contribution in [-0.4, -0.2) is 19.4 Å². The first kappa shape index (κ1) is 11.9. The molecule has 78 valence electrons. The molecule has 1 heterocycles. The van der Waals surface area contributed by atoms with E-state index in [1.54, 1.807) is 11.3 Å². The lowest BCUT2D eigenvalue weighted by molar-refractivity contribution is -0.107. The van der Waals surface area contributed by atoms with Crippen LogP contribution < -0.4 is 5.32 Å². The molecule has 0 spiro atoms. The van der Waals surface area contributed by atoms with E-state index in [0.29, 0.717) is 6.54 Å². The van der Waals surface area contributed by atoms with Gasteiger partial charge in [-0.1, -0.05) is 13.8 Å². The maximum absolute atomic E-state index is 10.2. The van der Waals surface area contributed by atoms with E-state index in [2.05, 4.69) is 47.2 Å². The van der Waals surface area contributed by atoms with Gasteiger partial charge in [0.15, 0.2) is 0 Å². The van der Waals surface area contributed by atoms with E-state index in [9.17, 15) is 4.79 Å². The predicted octanol–water partition coefficient (Wildman–Crippen LogP) is 2.58. The molecule has 0 aliphatic rings. The highest BCUT2D eigenvalue weighted by atomic mass is 79.9. The topological polar surface area (TPSA) is 29.1 Å². The highest BCUT2D eigenvalue weighted by Crippen LogP contribution is 2.32. The van der Waals surface area contributed by atoms with Crippen molar-refractivity contribution in [3.63, 3.8) is 0 Å². The van der Waals surface area contributed by atoms with Crippen molar-refractivity contribution in [3.8, 4) is 0 Å². The van der Waals surface area contributed by atoms with Crippen molar-refractivity contribution in [2.75, 3.05) is 13.1 Å². The molecule has 0 unspecified atom stereocenters. The number of carbonyl (C=O) groups is 1. The number of nitrogens with one attached hydrogen (secondary N) is 1. The molecule has 14 heavy (non-hydrogen) atoms. The summed E-state index contributed by atoms with van der Waals surface area (Å²) in [6.45, 7) is 5.58. The highest BCUT2D eigenvalue weighted by molar-refractivity contribution is 9.11. The molecule has 0 saturated heterocycles. The van der Waals surface area contributed by atoms with E-state index < -0.39 is 0 Å². The Kier molecular flexibility index (Phi) is 4.29. The Morgan fingerprint density at radius 3 is 2.79 bits per heavy atom. The van der Waals surface area contributed by atoms with Crippen molar-refractivity contribution in [2.24, 2.45) is 0 Å². The average molecular weight is 276 g/mol. The van der Waals surface area contributed by atoms with E-state index in [4.69, 9.17) is 0 Å². The number of thiophene rings is 1. The number of hydrogen-bond acceptors (Lipinski definition) is 3. The van der Waals surface area contributed by atoms with Gasteiger partial charge in [-0.3, -0.25) is 0 Å². The largest absolute Gasteiger partial charge is 0.309 e. The van der Waals surface area contributed by atoms with Crippen LogP contribution in [-0.2, 0) is 10.2 Å². The number of aldehydes is 1. The molecule has 0 saturated carbocycles. The van der Waals surface area contributed by atoms with E-state index in [1.165, 1.54) is 4.88 Å². The Balaban J connectivity index is 2.60. The van der Waals surface area contributed by atoms with E-state index in [1.807, 2.05) is 0 Å². The minimum Gasteiger partial charge on any atom is -0.309 e. The van der Waals surface area contributed by atoms with E-state index in [0.717, 1.165) is 16.6 Å². The van der Waals surface area contributed by atoms with Crippen molar-refractivity contribution >= 4 is 33.6 Å². The Hall–Kier alpha value is -0.190. The molecular formula is C10H14BrNOS. The van der Waals surface area contributed by atoms with Crippen LogP contribution >= 0.6 is 27.3 Å². The first-order valence-corrected chi connectivity index (χ1v) is 6.07. The summed E-state index contributed by atoms with van der Waals surface area (Å²) < 4.78 is 1.15. The summed E-state index contributed by atoms with van der Waals surface area (Å²) in [7, 11) is 0. The first-order chi connectivity index (χ1) is 6.56. The lowest BCUT2D eigenvalue weighted by Crippen LogP contribution is -2.33. The molecule has 2 nitrogen and oxygen atoms in total. The molecule has 4 heteroatoms. The maximum Gasteiger partial charge on any atom is 0.133 e. The lowest BCUT2D eigenvalue weighted by atomic mass is 9.91. The van der Waals surface area contributed by atoms with Crippen LogP contribution in [0.5, 0.6) is 0 Å². The average Bonchev–Trinajstić information content (AvgIpc) is 2.53. The molecule has 0 bridgehead atoms. The summed E-state index contributed by atoms with van der Waals surface area (Å²) in [6, 6.07) is 4.18. The Labute approximate surface area is 96.8 Å². The summed E-state index contributed by atoms with van der Waals surface area (Å²) in [5.41, 5.74) is 0.0830. The van der Waals surface area contributed by atoms with E-state index in [-0.39, 0.29) is 5.41 Å². The fraction of sp³-hybridized carbons (Fsp3) is 0.500. The van der Waals surface area contributed by atoms with Crippen molar-refractivity contribution in [1.29, 1.82) is 0 Å². The fourth-order valence-corrected chi connectivity index (χ4v) is 2.69. The van der Waals surface area contributed by atoms with Gasteiger partial charge in [-0.15, -0.1) is 11.3 Å². The Morgan fingerprint density at radius 2 is 2.29 bits per heavy atom. The quantitative estimate of drug-likeness (QED) is 0.661. The van der Waals surface area contributed by atoms with Crippen LogP contribution in [0.2, 0.25) is 0 Å². The second-order valence-electron chi connectivity index (χ2n) is 3.79. The summed E-state index contributed by atoms with van der Waals surface area (Å²) in [5.74, 6) is 0. The zero-order valence-corrected chi connectivity index (χ0v) is 10.7. The van der Waals surface area contributed by atoms with Crippen LogP contribution in [0.15, 0.2) is 15.9 Å². The Morgan fingerprint density at radius 1 is 1.57 bits per heavy atom. The van der Waals surface area contributed by atoms with Gasteiger partial charge in [-0.25, -0.2) is 0 Å². The maximum atomic E-state index is 10.2. The van der Waals surface area contributed by atoms with Gasteiger partial charge < -0.3 is 10.1 Å². The molecule has 1 rings (SSSR count). The molecule has 0 atom stereocenters. The minimum atomic E-state index is 0.0830. The van der Waals surface area contributed by atoms with Gasteiger partial charge in [-0.05, 0) is 28.1 Å². The smallest absolute Gasteiger partial charge is 0.133 e. The van der Waals surface area contributed by atoms with Crippen LogP contribution in [0.1, 0.15) is 18.7 Å². The molecular weight excluding hydrogens is 262 g/mol. The highest BCUT2D eigenvalue weighted by Gasteiger charge is 2.21. The minimum absolute atomic E-state index is 0.0830. The van der Waals surface area contributed by atoms with Gasteiger partial charge in [-0.2, -0.15) is 0 Å². The molecule has 0 aliphatic heterocycles. The summed E-state index contributed by atoms with van der Waals surface area (Å²) in [4.78, 5) is 11.5. The zero-order valence-electron chi connectivity index (χ0n) is 8.34. The first-order valence-electron chi connectivity index (χ1n) is 4.46. The number of halogens is 1. The van der Waals surface area contributed by atoms with Crippen LogP contribution in [0, 0.1) is 0 Å². The second kappa shape index (κ2) is 5.05. The summed E-state index contributed by atoms with van der Waals surface area (Å²) in [5, 5.41) is 3.11. The third kappa shape index (κ3) is 3.19. The van der Waals surface area contributed by atoms with Gasteiger partial charge >= 0.3 is 0 Å². The molecule has 0 fully saturated rings. The molecule has 0 aliphatic carbocycles. The van der Waals surface area contributed by atoms with Crippen LogP contribution in [0.4, 0.5) is 0 Å². The van der Waals surface area contributed by atoms with Gasteiger partial charge in [0, 0.05) is 16.8 Å². The van der Waals surface area contributed by atoms with E-state index >= 15 is 0 Å². The molecule has 1 N–H and O–H groups in total. The van der Waals surface area contributed by atoms with Crippen molar-refractivity contribution < 1.29 is 4.79 Å². The third-order valence-electron chi connectivity index (χ3n) is 2.03. The standard InChI is InChI=1S/C10H14BrNOS/c1-10(2,7-12-5-6-13)8-3-4-9(11)14-8/h3-4,6,12H,5,7H2,1-2H3.